The Morgan fingerprint density at radius 1 is 1.15 bits per heavy atom. The van der Waals surface area contributed by atoms with Crippen molar-refractivity contribution in [3.63, 3.8) is 0 Å². The molecule has 0 spiro atoms. The van der Waals surface area contributed by atoms with Crippen molar-refractivity contribution in [3.05, 3.63) is 59.2 Å². The minimum atomic E-state index is -0.388. The molecular formula is C24H27FN6O3. The number of carbonyl (C=O) groups excluding carboxylic acids is 2. The van der Waals surface area contributed by atoms with E-state index in [1.54, 1.807) is 36.0 Å². The number of aliphatic hydroxyl groups is 1. The van der Waals surface area contributed by atoms with Crippen LogP contribution in [0.15, 0.2) is 36.4 Å². The molecule has 34 heavy (non-hydrogen) atoms. The fourth-order valence-corrected chi connectivity index (χ4v) is 4.25. The summed E-state index contributed by atoms with van der Waals surface area (Å²) in [5.41, 5.74) is 2.30. The standard InChI is InChI=1S/C24H27FN6O3/c1-15-10-19(11-21(27-15)24(34)26-12-16-4-8-20(25)9-5-16)23-28-30-31(29-23)13-17-2-6-18(7-3-17)22(33)14-32/h4-5,8-11,17-18,32H,2-3,6-7,12-14H2,1H3,(H,26,34)/t17-,18-. The van der Waals surface area contributed by atoms with Crippen LogP contribution in [0.25, 0.3) is 11.4 Å². The maximum absolute atomic E-state index is 13.1. The molecule has 0 aliphatic heterocycles. The Morgan fingerprint density at radius 2 is 1.88 bits per heavy atom. The van der Waals surface area contributed by atoms with Crippen LogP contribution in [0.1, 0.15) is 47.4 Å². The van der Waals surface area contributed by atoms with Gasteiger partial charge in [-0.05, 0) is 73.6 Å². The smallest absolute Gasteiger partial charge is 0.270 e. The van der Waals surface area contributed by atoms with Gasteiger partial charge in [0.05, 0.1) is 6.54 Å². The number of aliphatic hydroxyl groups excluding tert-OH is 1. The molecule has 0 unspecified atom stereocenters. The normalized spacial score (nSPS) is 18.0. The minimum absolute atomic E-state index is 0.0482. The second-order valence-electron chi connectivity index (χ2n) is 8.70. The van der Waals surface area contributed by atoms with E-state index in [0.717, 1.165) is 31.2 Å². The van der Waals surface area contributed by atoms with Gasteiger partial charge in [0, 0.05) is 23.7 Å². The number of aromatic nitrogens is 5. The first-order valence-electron chi connectivity index (χ1n) is 11.3. The van der Waals surface area contributed by atoms with Crippen molar-refractivity contribution in [2.75, 3.05) is 6.61 Å². The zero-order valence-corrected chi connectivity index (χ0v) is 18.9. The Morgan fingerprint density at radius 3 is 2.59 bits per heavy atom. The van der Waals surface area contributed by atoms with Crippen molar-refractivity contribution in [1.29, 1.82) is 0 Å². The number of ketones is 1. The molecule has 1 fully saturated rings. The number of halogens is 1. The number of hydrogen-bond donors (Lipinski definition) is 2. The van der Waals surface area contributed by atoms with Crippen molar-refractivity contribution < 1.29 is 19.1 Å². The van der Waals surface area contributed by atoms with Crippen LogP contribution in [0.3, 0.4) is 0 Å². The van der Waals surface area contributed by atoms with Gasteiger partial charge in [0.1, 0.15) is 18.1 Å². The number of Topliss-reactive ketones (excluding diaryl/α,β-unsaturated/α-hetero) is 1. The number of carbonyl (C=O) groups is 2. The molecule has 1 aliphatic carbocycles. The number of tetrazole rings is 1. The molecule has 1 aliphatic rings. The SMILES string of the molecule is Cc1cc(-c2nnn(C[C@H]3CC[C@H](C(=O)CO)CC3)n2)cc(C(=O)NCc2ccc(F)cc2)n1. The van der Waals surface area contributed by atoms with Crippen LogP contribution < -0.4 is 5.32 Å². The average Bonchev–Trinajstić information content (AvgIpc) is 3.31. The first kappa shape index (κ1) is 23.6. The van der Waals surface area contributed by atoms with Crippen LogP contribution in [-0.2, 0) is 17.9 Å². The van der Waals surface area contributed by atoms with E-state index in [9.17, 15) is 14.0 Å². The third-order valence-corrected chi connectivity index (χ3v) is 6.14. The lowest BCUT2D eigenvalue weighted by molar-refractivity contribution is -0.126. The number of benzene rings is 1. The van der Waals surface area contributed by atoms with E-state index >= 15 is 0 Å². The first-order valence-corrected chi connectivity index (χ1v) is 11.3. The summed E-state index contributed by atoms with van der Waals surface area (Å²) < 4.78 is 13.1. The van der Waals surface area contributed by atoms with Crippen molar-refractivity contribution in [1.82, 2.24) is 30.5 Å². The van der Waals surface area contributed by atoms with Gasteiger partial charge in [-0.3, -0.25) is 9.59 Å². The van der Waals surface area contributed by atoms with Crippen molar-refractivity contribution in [2.24, 2.45) is 11.8 Å². The van der Waals surface area contributed by atoms with Gasteiger partial charge in [0.15, 0.2) is 5.78 Å². The highest BCUT2D eigenvalue weighted by atomic mass is 19.1. The number of rotatable bonds is 8. The molecule has 9 nitrogen and oxygen atoms in total. The Bertz CT molecular complexity index is 1160. The molecule has 178 valence electrons. The topological polar surface area (TPSA) is 123 Å². The number of aryl methyl sites for hydroxylation is 1. The highest BCUT2D eigenvalue weighted by molar-refractivity contribution is 5.93. The fourth-order valence-electron chi connectivity index (χ4n) is 4.25. The predicted molar refractivity (Wildman–Crippen MR) is 121 cm³/mol. The number of nitrogens with one attached hydrogen (secondary N) is 1. The van der Waals surface area contributed by atoms with Crippen LogP contribution in [-0.4, -0.2) is 48.6 Å². The lowest BCUT2D eigenvalue weighted by Gasteiger charge is -2.26. The summed E-state index contributed by atoms with van der Waals surface area (Å²) in [5, 5.41) is 24.6. The van der Waals surface area contributed by atoms with E-state index in [0.29, 0.717) is 29.5 Å². The third kappa shape index (κ3) is 5.88. The molecule has 1 saturated carbocycles. The van der Waals surface area contributed by atoms with Crippen molar-refractivity contribution in [3.8, 4) is 11.4 Å². The zero-order valence-electron chi connectivity index (χ0n) is 18.9. The van der Waals surface area contributed by atoms with E-state index in [1.165, 1.54) is 12.1 Å². The molecule has 0 saturated heterocycles. The van der Waals surface area contributed by atoms with Crippen LogP contribution in [0.2, 0.25) is 0 Å². The van der Waals surface area contributed by atoms with Crippen LogP contribution >= 0.6 is 0 Å². The molecule has 4 rings (SSSR count). The number of nitrogens with zero attached hydrogens (tertiary/aromatic N) is 5. The molecule has 2 N–H and O–H groups in total. The molecule has 0 radical (unpaired) electrons. The molecule has 1 aromatic carbocycles. The fraction of sp³-hybridized carbons (Fsp3) is 0.417. The summed E-state index contributed by atoms with van der Waals surface area (Å²) in [6, 6.07) is 9.34. The lowest BCUT2D eigenvalue weighted by atomic mass is 9.80. The lowest BCUT2D eigenvalue weighted by Crippen LogP contribution is -2.26. The predicted octanol–water partition coefficient (Wildman–Crippen LogP) is 2.48. The average molecular weight is 467 g/mol. The Hall–Kier alpha value is -3.53. The van der Waals surface area contributed by atoms with Gasteiger partial charge in [-0.15, -0.1) is 10.2 Å². The van der Waals surface area contributed by atoms with E-state index in [4.69, 9.17) is 5.11 Å². The first-order chi connectivity index (χ1) is 16.4. The summed E-state index contributed by atoms with van der Waals surface area (Å²) >= 11 is 0. The quantitative estimate of drug-likeness (QED) is 0.523. The second-order valence-corrected chi connectivity index (χ2v) is 8.70. The molecule has 2 aromatic heterocycles. The van der Waals surface area contributed by atoms with E-state index in [-0.39, 0.29) is 42.3 Å². The number of pyridine rings is 1. The zero-order chi connectivity index (χ0) is 24.1. The van der Waals surface area contributed by atoms with Crippen LogP contribution in [0, 0.1) is 24.6 Å². The Kier molecular flexibility index (Phi) is 7.36. The third-order valence-electron chi connectivity index (χ3n) is 6.14. The van der Waals surface area contributed by atoms with Crippen molar-refractivity contribution >= 4 is 11.7 Å². The van der Waals surface area contributed by atoms with E-state index < -0.39 is 0 Å². The molecule has 0 bridgehead atoms. The monoisotopic (exact) mass is 466 g/mol. The van der Waals surface area contributed by atoms with E-state index in [1.807, 2.05) is 0 Å². The molecular weight excluding hydrogens is 439 g/mol. The molecule has 10 heteroatoms. The summed E-state index contributed by atoms with van der Waals surface area (Å²) in [6.07, 6.45) is 3.29. The highest BCUT2D eigenvalue weighted by Gasteiger charge is 2.26. The van der Waals surface area contributed by atoms with Gasteiger partial charge < -0.3 is 10.4 Å². The van der Waals surface area contributed by atoms with Gasteiger partial charge >= 0.3 is 0 Å². The second kappa shape index (κ2) is 10.6. The highest BCUT2D eigenvalue weighted by Crippen LogP contribution is 2.30. The summed E-state index contributed by atoms with van der Waals surface area (Å²) in [5.74, 6) is -0.0573. The van der Waals surface area contributed by atoms with Gasteiger partial charge in [-0.2, -0.15) is 4.80 Å². The van der Waals surface area contributed by atoms with Gasteiger partial charge in [-0.25, -0.2) is 9.37 Å². The molecule has 2 heterocycles. The van der Waals surface area contributed by atoms with Gasteiger partial charge in [0.2, 0.25) is 5.82 Å². The van der Waals surface area contributed by atoms with Crippen LogP contribution in [0.4, 0.5) is 4.39 Å². The van der Waals surface area contributed by atoms with E-state index in [2.05, 4.69) is 25.7 Å². The number of hydrogen-bond acceptors (Lipinski definition) is 7. The molecule has 0 atom stereocenters. The summed E-state index contributed by atoms with van der Waals surface area (Å²) in [7, 11) is 0. The van der Waals surface area contributed by atoms with Crippen molar-refractivity contribution in [2.45, 2.75) is 45.7 Å². The molecule has 1 amide bonds. The Labute approximate surface area is 196 Å². The largest absolute Gasteiger partial charge is 0.389 e. The summed E-state index contributed by atoms with van der Waals surface area (Å²) in [4.78, 5) is 30.2. The van der Waals surface area contributed by atoms with Gasteiger partial charge in [0.25, 0.3) is 5.91 Å². The summed E-state index contributed by atoms with van der Waals surface area (Å²) in [6.45, 7) is 2.25. The number of amides is 1. The maximum atomic E-state index is 13.1. The molecule has 3 aromatic rings. The van der Waals surface area contributed by atoms with Gasteiger partial charge in [-0.1, -0.05) is 12.1 Å². The Balaban J connectivity index is 1.38. The van der Waals surface area contributed by atoms with Crippen LogP contribution in [0.5, 0.6) is 0 Å². The maximum Gasteiger partial charge on any atom is 0.270 e. The minimum Gasteiger partial charge on any atom is -0.389 e.